The quantitative estimate of drug-likeness (QED) is 0.605. The van der Waals surface area contributed by atoms with Gasteiger partial charge in [-0.05, 0) is 54.4 Å². The fraction of sp³-hybridized carbons (Fsp3) is 0.391. The van der Waals surface area contributed by atoms with Crippen molar-refractivity contribution in [3.63, 3.8) is 0 Å². The molecule has 1 unspecified atom stereocenters. The highest BCUT2D eigenvalue weighted by atomic mass is 28.2. The molecule has 24 heavy (non-hydrogen) atoms. The van der Waals surface area contributed by atoms with E-state index in [0.29, 0.717) is 11.0 Å². The standard InChI is InChI=1S/C23H30Si/c1-16(2)22-20(19-14-17(3)13-18(4)15-19)9-10-21(22)24-23(5)11-7-6-8-12-23/h6-9,11,13-16H,10,12,24H2,1-5H3. The molecular formula is C23H30Si. The van der Waals surface area contributed by atoms with Crippen molar-refractivity contribution in [2.24, 2.45) is 5.92 Å². The molecule has 0 bridgehead atoms. The number of hydrogen-bond acceptors (Lipinski definition) is 0. The molecule has 1 heteroatoms. The minimum atomic E-state index is -0.311. The summed E-state index contributed by atoms with van der Waals surface area (Å²) >= 11 is 0. The first kappa shape index (κ1) is 17.2. The van der Waals surface area contributed by atoms with Crippen LogP contribution in [0, 0.1) is 19.8 Å². The second-order valence-electron chi connectivity index (χ2n) is 8.19. The topological polar surface area (TPSA) is 0 Å². The Labute approximate surface area is 149 Å². The smallest absolute Gasteiger partial charge is 0.0612 e. The van der Waals surface area contributed by atoms with E-state index >= 15 is 0 Å². The summed E-state index contributed by atoms with van der Waals surface area (Å²) in [6.45, 7) is 11.6. The van der Waals surface area contributed by atoms with Crippen molar-refractivity contribution in [1.82, 2.24) is 0 Å². The lowest BCUT2D eigenvalue weighted by Gasteiger charge is -2.28. The van der Waals surface area contributed by atoms with Crippen LogP contribution < -0.4 is 0 Å². The van der Waals surface area contributed by atoms with Gasteiger partial charge in [0.15, 0.2) is 0 Å². The Kier molecular flexibility index (Phi) is 4.82. The van der Waals surface area contributed by atoms with Gasteiger partial charge in [-0.15, -0.1) is 0 Å². The maximum atomic E-state index is 2.50. The summed E-state index contributed by atoms with van der Waals surface area (Å²) in [5.74, 6) is 0.605. The molecular weight excluding hydrogens is 304 g/mol. The van der Waals surface area contributed by atoms with Gasteiger partial charge in [0.1, 0.15) is 0 Å². The minimum Gasteiger partial charge on any atom is -0.0840 e. The van der Waals surface area contributed by atoms with E-state index in [1.165, 1.54) is 35.1 Å². The Balaban J connectivity index is 1.96. The minimum absolute atomic E-state index is 0.311. The molecule has 0 aliphatic heterocycles. The van der Waals surface area contributed by atoms with Gasteiger partial charge in [0.25, 0.3) is 0 Å². The molecule has 0 saturated carbocycles. The zero-order valence-electron chi connectivity index (χ0n) is 15.8. The van der Waals surface area contributed by atoms with Crippen molar-refractivity contribution in [2.75, 3.05) is 0 Å². The molecule has 0 saturated heterocycles. The molecule has 0 heterocycles. The monoisotopic (exact) mass is 334 g/mol. The molecule has 0 amide bonds. The van der Waals surface area contributed by atoms with Gasteiger partial charge in [-0.25, -0.2) is 0 Å². The lowest BCUT2D eigenvalue weighted by Crippen LogP contribution is -2.18. The van der Waals surface area contributed by atoms with Crippen molar-refractivity contribution in [1.29, 1.82) is 0 Å². The molecule has 0 radical (unpaired) electrons. The van der Waals surface area contributed by atoms with Gasteiger partial charge in [-0.3, -0.25) is 0 Å². The average molecular weight is 335 g/mol. The Bertz CT molecular complexity index is 738. The van der Waals surface area contributed by atoms with Crippen LogP contribution in [0.3, 0.4) is 0 Å². The number of benzene rings is 1. The average Bonchev–Trinajstić information content (AvgIpc) is 2.90. The molecule has 2 aliphatic rings. The first-order valence-electron chi connectivity index (χ1n) is 9.23. The molecule has 0 spiro atoms. The van der Waals surface area contributed by atoms with Gasteiger partial charge >= 0.3 is 0 Å². The van der Waals surface area contributed by atoms with Crippen LogP contribution in [0.1, 0.15) is 50.3 Å². The fourth-order valence-electron chi connectivity index (χ4n) is 4.32. The summed E-state index contributed by atoms with van der Waals surface area (Å²) in [6.07, 6.45) is 14.1. The van der Waals surface area contributed by atoms with E-state index in [2.05, 4.69) is 83.2 Å². The summed E-state index contributed by atoms with van der Waals surface area (Å²) in [5.41, 5.74) is 7.32. The zero-order chi connectivity index (χ0) is 17.3. The molecule has 1 aromatic carbocycles. The van der Waals surface area contributed by atoms with Crippen LogP contribution in [0.4, 0.5) is 0 Å². The van der Waals surface area contributed by atoms with Crippen molar-refractivity contribution < 1.29 is 0 Å². The van der Waals surface area contributed by atoms with Crippen molar-refractivity contribution in [3.05, 3.63) is 76.0 Å². The van der Waals surface area contributed by atoms with Crippen LogP contribution >= 0.6 is 0 Å². The van der Waals surface area contributed by atoms with E-state index in [1.54, 1.807) is 10.8 Å². The summed E-state index contributed by atoms with van der Waals surface area (Å²) in [6, 6.07) is 6.99. The highest BCUT2D eigenvalue weighted by molar-refractivity contribution is 6.51. The van der Waals surface area contributed by atoms with E-state index < -0.39 is 0 Å². The van der Waals surface area contributed by atoms with Crippen LogP contribution in [0.2, 0.25) is 5.04 Å². The van der Waals surface area contributed by atoms with E-state index in [4.69, 9.17) is 0 Å². The molecule has 1 atom stereocenters. The molecule has 1 aromatic rings. The van der Waals surface area contributed by atoms with Crippen LogP contribution in [0.5, 0.6) is 0 Å². The van der Waals surface area contributed by atoms with Crippen molar-refractivity contribution in [3.8, 4) is 0 Å². The van der Waals surface area contributed by atoms with Crippen LogP contribution in [0.25, 0.3) is 5.57 Å². The van der Waals surface area contributed by atoms with Crippen LogP contribution in [0.15, 0.2) is 59.3 Å². The van der Waals surface area contributed by atoms with E-state index in [0.717, 1.165) is 0 Å². The zero-order valence-corrected chi connectivity index (χ0v) is 17.2. The largest absolute Gasteiger partial charge is 0.0840 e. The normalized spacial score (nSPS) is 23.8. The van der Waals surface area contributed by atoms with Gasteiger partial charge in [0.05, 0.1) is 9.52 Å². The number of rotatable bonds is 4. The third kappa shape index (κ3) is 3.56. The van der Waals surface area contributed by atoms with Crippen molar-refractivity contribution in [2.45, 2.75) is 52.5 Å². The molecule has 0 aromatic heterocycles. The first-order valence-corrected chi connectivity index (χ1v) is 10.6. The van der Waals surface area contributed by atoms with Crippen LogP contribution in [-0.4, -0.2) is 9.52 Å². The lowest BCUT2D eigenvalue weighted by molar-refractivity contribution is 0.749. The maximum Gasteiger partial charge on any atom is 0.0612 e. The third-order valence-electron chi connectivity index (χ3n) is 5.28. The Morgan fingerprint density at radius 2 is 1.75 bits per heavy atom. The molecule has 0 nitrogen and oxygen atoms in total. The molecule has 126 valence electrons. The van der Waals surface area contributed by atoms with Gasteiger partial charge in [-0.2, -0.15) is 0 Å². The van der Waals surface area contributed by atoms with Crippen molar-refractivity contribution >= 4 is 15.1 Å². The number of aryl methyl sites for hydroxylation is 2. The molecule has 3 rings (SSSR count). The highest BCUT2D eigenvalue weighted by Gasteiger charge is 2.28. The predicted molar refractivity (Wildman–Crippen MR) is 110 cm³/mol. The third-order valence-corrected chi connectivity index (χ3v) is 7.71. The Hall–Kier alpha value is -1.60. The number of hydrogen-bond donors (Lipinski definition) is 0. The van der Waals surface area contributed by atoms with Gasteiger partial charge < -0.3 is 0 Å². The highest BCUT2D eigenvalue weighted by Crippen LogP contribution is 2.43. The van der Waals surface area contributed by atoms with Crippen LogP contribution in [-0.2, 0) is 0 Å². The molecule has 2 aliphatic carbocycles. The lowest BCUT2D eigenvalue weighted by atomic mass is 9.91. The molecule has 0 fully saturated rings. The van der Waals surface area contributed by atoms with E-state index in [-0.39, 0.29) is 9.52 Å². The Morgan fingerprint density at radius 3 is 2.33 bits per heavy atom. The second-order valence-corrected chi connectivity index (χ2v) is 11.0. The Morgan fingerprint density at radius 1 is 1.04 bits per heavy atom. The van der Waals surface area contributed by atoms with E-state index in [9.17, 15) is 0 Å². The number of allylic oxidation sites excluding steroid dienone is 8. The van der Waals surface area contributed by atoms with Gasteiger partial charge in [-0.1, -0.05) is 85.7 Å². The first-order chi connectivity index (χ1) is 11.4. The summed E-state index contributed by atoms with van der Waals surface area (Å²) < 4.78 is 0. The SMILES string of the molecule is Cc1cc(C)cc(C2=CCC([SiH2]C3(C)C=CC=CC3)=C2C(C)C)c1. The maximum absolute atomic E-state index is 2.50. The predicted octanol–water partition coefficient (Wildman–Crippen LogP) is 5.86. The van der Waals surface area contributed by atoms with Gasteiger partial charge in [0, 0.05) is 0 Å². The summed E-state index contributed by atoms with van der Waals surface area (Å²) in [4.78, 5) is 0. The summed E-state index contributed by atoms with van der Waals surface area (Å²) in [7, 11) is -0.311. The van der Waals surface area contributed by atoms with Gasteiger partial charge in [0.2, 0.25) is 0 Å². The second kappa shape index (κ2) is 6.72. The molecule has 0 N–H and O–H groups in total. The van der Waals surface area contributed by atoms with E-state index in [1.807, 2.05) is 0 Å². The summed E-state index contributed by atoms with van der Waals surface area (Å²) in [5, 5.41) is 2.19. The fourth-order valence-corrected chi connectivity index (χ4v) is 6.93.